The van der Waals surface area contributed by atoms with Gasteiger partial charge in [-0.2, -0.15) is 0 Å². The molecular formula is C24H26F4N2O3S. The molecule has 1 aliphatic heterocycles. The number of hydrogen-bond acceptors (Lipinski definition) is 3. The Kier molecular flexibility index (Phi) is 6.74. The normalized spacial score (nSPS) is 22.9. The van der Waals surface area contributed by atoms with Crippen molar-refractivity contribution in [3.8, 4) is 11.1 Å². The van der Waals surface area contributed by atoms with E-state index in [1.165, 1.54) is 0 Å². The number of alkyl halides is 2. The van der Waals surface area contributed by atoms with Crippen LogP contribution in [0, 0.1) is 17.6 Å². The van der Waals surface area contributed by atoms with Crippen LogP contribution in [0.2, 0.25) is 0 Å². The van der Waals surface area contributed by atoms with Crippen LogP contribution in [0.15, 0.2) is 42.5 Å². The number of benzene rings is 2. The summed E-state index contributed by atoms with van der Waals surface area (Å²) in [6.45, 7) is -0.866. The van der Waals surface area contributed by atoms with Crippen LogP contribution < -0.4 is 4.72 Å². The number of carbonyl (C=O) groups is 1. The van der Waals surface area contributed by atoms with E-state index in [0.29, 0.717) is 24.0 Å². The van der Waals surface area contributed by atoms with Gasteiger partial charge in [-0.05, 0) is 48.1 Å². The molecule has 4 rings (SSSR count). The molecule has 184 valence electrons. The smallest absolute Gasteiger partial charge is 0.283 e. The Morgan fingerprint density at radius 1 is 1.06 bits per heavy atom. The summed E-state index contributed by atoms with van der Waals surface area (Å²) in [4.78, 5) is 14.3. The number of halogens is 4. The number of nitrogens with one attached hydrogen (secondary N) is 1. The molecule has 2 atom stereocenters. The first-order valence-corrected chi connectivity index (χ1v) is 13.0. The van der Waals surface area contributed by atoms with Crippen LogP contribution >= 0.6 is 0 Å². The van der Waals surface area contributed by atoms with Crippen molar-refractivity contribution < 1.29 is 30.8 Å². The van der Waals surface area contributed by atoms with Crippen LogP contribution in [0.1, 0.15) is 31.2 Å². The maximum atomic E-state index is 15.0. The van der Waals surface area contributed by atoms with Crippen molar-refractivity contribution in [1.82, 2.24) is 9.62 Å². The molecule has 10 heteroatoms. The molecule has 0 radical (unpaired) electrons. The van der Waals surface area contributed by atoms with Crippen molar-refractivity contribution in [1.29, 1.82) is 0 Å². The lowest BCUT2D eigenvalue weighted by Gasteiger charge is -2.30. The topological polar surface area (TPSA) is 66.5 Å². The van der Waals surface area contributed by atoms with Crippen LogP contribution in [-0.4, -0.2) is 50.0 Å². The zero-order valence-electron chi connectivity index (χ0n) is 18.6. The van der Waals surface area contributed by atoms with Crippen LogP contribution in [0.4, 0.5) is 17.6 Å². The number of hydrogen-bond donors (Lipinski definition) is 1. The highest BCUT2D eigenvalue weighted by Gasteiger charge is 2.57. The lowest BCUT2D eigenvalue weighted by molar-refractivity contribution is -0.137. The van der Waals surface area contributed by atoms with Crippen molar-refractivity contribution >= 4 is 15.9 Å². The Bertz CT molecular complexity index is 1160. The van der Waals surface area contributed by atoms with E-state index >= 15 is 8.78 Å². The lowest BCUT2D eigenvalue weighted by atomic mass is 9.95. The summed E-state index contributed by atoms with van der Waals surface area (Å²) in [5.74, 6) is -5.69. The molecule has 0 spiro atoms. The van der Waals surface area contributed by atoms with Gasteiger partial charge in [0.25, 0.3) is 5.92 Å². The average molecular weight is 499 g/mol. The van der Waals surface area contributed by atoms with E-state index in [1.54, 1.807) is 24.3 Å². The molecule has 1 aliphatic carbocycles. The van der Waals surface area contributed by atoms with Crippen molar-refractivity contribution in [2.24, 2.45) is 5.92 Å². The summed E-state index contributed by atoms with van der Waals surface area (Å²) in [5, 5.41) is 0. The number of amides is 1. The van der Waals surface area contributed by atoms with Crippen LogP contribution in [-0.2, 0) is 21.2 Å². The number of carbonyl (C=O) groups excluding carboxylic acids is 1. The van der Waals surface area contributed by atoms with E-state index in [-0.39, 0.29) is 23.8 Å². The molecule has 1 N–H and O–H groups in total. The van der Waals surface area contributed by atoms with E-state index in [0.717, 1.165) is 42.2 Å². The van der Waals surface area contributed by atoms with E-state index < -0.39 is 46.2 Å². The molecule has 1 saturated carbocycles. The third kappa shape index (κ3) is 5.43. The van der Waals surface area contributed by atoms with Crippen molar-refractivity contribution in [2.45, 2.75) is 50.1 Å². The summed E-state index contributed by atoms with van der Waals surface area (Å²) in [6, 6.07) is 6.71. The van der Waals surface area contributed by atoms with Crippen molar-refractivity contribution in [2.75, 3.05) is 12.8 Å². The van der Waals surface area contributed by atoms with Gasteiger partial charge in [0, 0.05) is 12.0 Å². The molecule has 34 heavy (non-hydrogen) atoms. The van der Waals surface area contributed by atoms with E-state index in [2.05, 4.69) is 0 Å². The molecular weight excluding hydrogens is 472 g/mol. The Labute approximate surface area is 196 Å². The predicted molar refractivity (Wildman–Crippen MR) is 120 cm³/mol. The second kappa shape index (κ2) is 9.30. The molecule has 2 aliphatic rings. The van der Waals surface area contributed by atoms with Crippen molar-refractivity contribution in [3.05, 3.63) is 59.7 Å². The largest absolute Gasteiger partial charge is 0.331 e. The van der Waals surface area contributed by atoms with E-state index in [4.69, 9.17) is 0 Å². The van der Waals surface area contributed by atoms with E-state index in [9.17, 15) is 22.0 Å². The lowest BCUT2D eigenvalue weighted by Crippen LogP contribution is -2.52. The number of rotatable bonds is 6. The fourth-order valence-corrected chi connectivity index (χ4v) is 5.81. The first-order valence-electron chi connectivity index (χ1n) is 11.1. The molecule has 1 amide bonds. The van der Waals surface area contributed by atoms with Crippen LogP contribution in [0.5, 0.6) is 0 Å². The molecule has 5 nitrogen and oxygen atoms in total. The van der Waals surface area contributed by atoms with Crippen molar-refractivity contribution in [3.63, 3.8) is 0 Å². The van der Waals surface area contributed by atoms with Gasteiger partial charge in [-0.15, -0.1) is 0 Å². The minimum atomic E-state index is -3.98. The van der Waals surface area contributed by atoms with Gasteiger partial charge in [-0.1, -0.05) is 37.1 Å². The van der Waals surface area contributed by atoms with Gasteiger partial charge < -0.3 is 4.90 Å². The Morgan fingerprint density at radius 3 is 2.32 bits per heavy atom. The minimum absolute atomic E-state index is 0.0487. The maximum Gasteiger partial charge on any atom is 0.283 e. The molecule has 2 aromatic carbocycles. The van der Waals surface area contributed by atoms with Gasteiger partial charge >= 0.3 is 0 Å². The third-order valence-corrected chi connectivity index (χ3v) is 7.20. The van der Waals surface area contributed by atoms with Gasteiger partial charge in [-0.25, -0.2) is 30.7 Å². The Morgan fingerprint density at radius 2 is 1.71 bits per heavy atom. The van der Waals surface area contributed by atoms with E-state index in [1.807, 2.05) is 4.72 Å². The fraction of sp³-hybridized carbons (Fsp3) is 0.458. The Hall–Kier alpha value is -2.46. The molecule has 0 aromatic heterocycles. The molecule has 2 fully saturated rings. The zero-order valence-corrected chi connectivity index (χ0v) is 19.4. The molecule has 1 saturated heterocycles. The minimum Gasteiger partial charge on any atom is -0.331 e. The van der Waals surface area contributed by atoms with Gasteiger partial charge in [0.05, 0.1) is 18.8 Å². The highest BCUT2D eigenvalue weighted by Crippen LogP contribution is 2.38. The van der Waals surface area contributed by atoms with Gasteiger partial charge in [0.1, 0.15) is 17.7 Å². The first kappa shape index (κ1) is 24.7. The van der Waals surface area contributed by atoms with Crippen LogP contribution in [0.25, 0.3) is 11.1 Å². The fourth-order valence-electron chi connectivity index (χ4n) is 5.02. The number of nitrogens with zero attached hydrogens (tertiary/aromatic N) is 1. The summed E-state index contributed by atoms with van der Waals surface area (Å²) in [6.07, 6.45) is 3.70. The second-order valence-electron chi connectivity index (χ2n) is 9.21. The zero-order chi connectivity index (χ0) is 24.7. The van der Waals surface area contributed by atoms with Gasteiger partial charge in [0.15, 0.2) is 0 Å². The number of sulfonamides is 1. The summed E-state index contributed by atoms with van der Waals surface area (Å²) in [5.41, 5.74) is 1.29. The number of likely N-dealkylation sites (tertiary alicyclic amines) is 1. The summed E-state index contributed by atoms with van der Waals surface area (Å²) < 4.78 is 83.2. The standard InChI is InChI=1S/C24H26F4N2O3S/c1-34(32,33)29-22-21(30(14-24(22,27)28)23(31)16-6-2-3-7-16)10-15-5-4-8-17(9-15)18-11-19(25)13-20(26)12-18/h4-5,8-9,11-13,16,21-22,29H,2-3,6-7,10,14H2,1H3/t21-,22+/m0/s1. The van der Waals surface area contributed by atoms with Crippen LogP contribution in [0.3, 0.4) is 0 Å². The summed E-state index contributed by atoms with van der Waals surface area (Å²) >= 11 is 0. The average Bonchev–Trinajstić information content (AvgIpc) is 3.35. The predicted octanol–water partition coefficient (Wildman–Crippen LogP) is 4.13. The molecule has 0 bridgehead atoms. The first-order chi connectivity index (χ1) is 15.9. The summed E-state index contributed by atoms with van der Waals surface area (Å²) in [7, 11) is -3.98. The molecule has 2 aromatic rings. The SMILES string of the molecule is CS(=O)(=O)N[C@@H]1[C@H](Cc2cccc(-c3cc(F)cc(F)c3)c2)N(C(=O)C2CCCC2)CC1(F)F. The quantitative estimate of drug-likeness (QED) is 0.610. The maximum absolute atomic E-state index is 15.0. The third-order valence-electron chi connectivity index (χ3n) is 6.52. The molecule has 1 heterocycles. The van der Waals surface area contributed by atoms with Gasteiger partial charge in [0.2, 0.25) is 15.9 Å². The molecule has 0 unspecified atom stereocenters. The Balaban J connectivity index is 1.68. The highest BCUT2D eigenvalue weighted by atomic mass is 32.2. The van der Waals surface area contributed by atoms with Gasteiger partial charge in [-0.3, -0.25) is 4.79 Å². The second-order valence-corrected chi connectivity index (χ2v) is 11.0. The highest BCUT2D eigenvalue weighted by molar-refractivity contribution is 7.88. The monoisotopic (exact) mass is 498 g/mol.